The third-order valence-electron chi connectivity index (χ3n) is 1.87. The molecule has 0 saturated carbocycles. The Bertz CT molecular complexity index is 313. The molecule has 4 nitrogen and oxygen atoms in total. The second kappa shape index (κ2) is 5.11. The van der Waals surface area contributed by atoms with E-state index in [1.54, 1.807) is 0 Å². The minimum atomic E-state index is -0.974. The van der Waals surface area contributed by atoms with E-state index in [9.17, 15) is 4.79 Å². The van der Waals surface area contributed by atoms with Crippen molar-refractivity contribution < 1.29 is 9.90 Å². The van der Waals surface area contributed by atoms with E-state index < -0.39 is 6.09 Å². The number of hydrogen-bond donors (Lipinski definition) is 3. The van der Waals surface area contributed by atoms with Crippen molar-refractivity contribution in [2.24, 2.45) is 0 Å². The highest BCUT2D eigenvalue weighted by Crippen LogP contribution is 2.08. The second-order valence-corrected chi connectivity index (χ2v) is 3.08. The van der Waals surface area contributed by atoms with Crippen LogP contribution in [0, 0.1) is 0 Å². The average molecular weight is 194 g/mol. The van der Waals surface area contributed by atoms with Crippen LogP contribution >= 0.6 is 0 Å². The molecule has 0 radical (unpaired) electrons. The summed E-state index contributed by atoms with van der Waals surface area (Å²) in [5, 5.41) is 10.6. The Hall–Kier alpha value is -1.71. The first-order chi connectivity index (χ1) is 6.68. The average Bonchev–Trinajstić information content (AvgIpc) is 2.12. The zero-order chi connectivity index (χ0) is 10.4. The number of hydrogen-bond acceptors (Lipinski definition) is 2. The molecule has 1 aromatic rings. The number of nitrogens with one attached hydrogen (secondary N) is 1. The van der Waals surface area contributed by atoms with Crippen molar-refractivity contribution in [1.82, 2.24) is 5.32 Å². The van der Waals surface area contributed by atoms with Gasteiger partial charge < -0.3 is 16.2 Å². The smallest absolute Gasteiger partial charge is 0.404 e. The predicted molar refractivity (Wildman–Crippen MR) is 55.2 cm³/mol. The van der Waals surface area contributed by atoms with E-state index >= 15 is 0 Å². The van der Waals surface area contributed by atoms with Crippen LogP contribution in [0.2, 0.25) is 0 Å². The fraction of sp³-hybridized carbons (Fsp3) is 0.300. The monoisotopic (exact) mass is 194 g/mol. The molecule has 1 aromatic carbocycles. The second-order valence-electron chi connectivity index (χ2n) is 3.08. The Morgan fingerprint density at radius 3 is 2.93 bits per heavy atom. The Kier molecular flexibility index (Phi) is 3.79. The molecule has 0 unspecified atom stereocenters. The van der Waals surface area contributed by atoms with E-state index in [4.69, 9.17) is 10.8 Å². The van der Waals surface area contributed by atoms with Crippen molar-refractivity contribution in [3.63, 3.8) is 0 Å². The van der Waals surface area contributed by atoms with Crippen LogP contribution in [0.15, 0.2) is 24.3 Å². The van der Waals surface area contributed by atoms with Crippen molar-refractivity contribution in [2.75, 3.05) is 12.3 Å². The highest BCUT2D eigenvalue weighted by molar-refractivity contribution is 5.64. The van der Waals surface area contributed by atoms with Crippen molar-refractivity contribution in [2.45, 2.75) is 12.8 Å². The van der Waals surface area contributed by atoms with Gasteiger partial charge in [-0.1, -0.05) is 12.1 Å². The van der Waals surface area contributed by atoms with E-state index in [-0.39, 0.29) is 0 Å². The number of nitrogen functional groups attached to an aromatic ring is 1. The minimum Gasteiger partial charge on any atom is -0.465 e. The lowest BCUT2D eigenvalue weighted by Crippen LogP contribution is -2.22. The summed E-state index contributed by atoms with van der Waals surface area (Å²) in [6.07, 6.45) is 0.652. The molecule has 76 valence electrons. The molecule has 0 bridgehead atoms. The van der Waals surface area contributed by atoms with Gasteiger partial charge in [0.05, 0.1) is 0 Å². The van der Waals surface area contributed by atoms with Crippen LogP contribution in [-0.4, -0.2) is 17.7 Å². The predicted octanol–water partition coefficient (Wildman–Crippen LogP) is 1.47. The van der Waals surface area contributed by atoms with Crippen LogP contribution in [0.1, 0.15) is 12.0 Å². The molecule has 14 heavy (non-hydrogen) atoms. The summed E-state index contributed by atoms with van der Waals surface area (Å²) in [6.45, 7) is 0.476. The Morgan fingerprint density at radius 2 is 2.29 bits per heavy atom. The van der Waals surface area contributed by atoms with Gasteiger partial charge in [0.15, 0.2) is 0 Å². The number of aryl methyl sites for hydroxylation is 1. The molecule has 4 N–H and O–H groups in total. The summed E-state index contributed by atoms with van der Waals surface area (Å²) in [5.74, 6) is 0. The Morgan fingerprint density at radius 1 is 1.50 bits per heavy atom. The maximum absolute atomic E-state index is 10.1. The number of nitrogens with two attached hydrogens (primary N) is 1. The van der Waals surface area contributed by atoms with Crippen molar-refractivity contribution in [3.8, 4) is 0 Å². The maximum atomic E-state index is 10.1. The molecule has 0 saturated heterocycles. The van der Waals surface area contributed by atoms with Crippen molar-refractivity contribution in [1.29, 1.82) is 0 Å². The first-order valence-corrected chi connectivity index (χ1v) is 4.49. The molecular weight excluding hydrogens is 180 g/mol. The fourth-order valence-electron chi connectivity index (χ4n) is 1.24. The number of benzene rings is 1. The summed E-state index contributed by atoms with van der Waals surface area (Å²) in [6, 6.07) is 7.62. The van der Waals surface area contributed by atoms with Gasteiger partial charge in [-0.15, -0.1) is 0 Å². The van der Waals surface area contributed by atoms with Gasteiger partial charge in [0, 0.05) is 12.2 Å². The summed E-state index contributed by atoms with van der Waals surface area (Å²) < 4.78 is 0. The first kappa shape index (κ1) is 10.4. The molecule has 0 heterocycles. The summed E-state index contributed by atoms with van der Waals surface area (Å²) in [5.41, 5.74) is 7.48. The molecule has 0 atom stereocenters. The van der Waals surface area contributed by atoms with Crippen LogP contribution in [0.25, 0.3) is 0 Å². The van der Waals surface area contributed by atoms with Crippen molar-refractivity contribution >= 4 is 11.8 Å². The number of carboxylic acid groups (broad SMARTS) is 1. The molecule has 0 fully saturated rings. The third kappa shape index (κ3) is 3.80. The van der Waals surface area contributed by atoms with E-state index in [1.165, 1.54) is 0 Å². The van der Waals surface area contributed by atoms with Crippen LogP contribution in [0.4, 0.5) is 10.5 Å². The summed E-state index contributed by atoms with van der Waals surface area (Å²) in [7, 11) is 0. The van der Waals surface area contributed by atoms with Gasteiger partial charge in [-0.2, -0.15) is 0 Å². The summed E-state index contributed by atoms with van der Waals surface area (Å²) in [4.78, 5) is 10.1. The topological polar surface area (TPSA) is 75.3 Å². The SMILES string of the molecule is Nc1cccc(CCCNC(=O)O)c1. The van der Waals surface area contributed by atoms with Gasteiger partial charge in [-0.05, 0) is 30.5 Å². The lowest BCUT2D eigenvalue weighted by Gasteiger charge is -2.02. The fourth-order valence-corrected chi connectivity index (χ4v) is 1.24. The largest absolute Gasteiger partial charge is 0.465 e. The molecule has 0 aromatic heterocycles. The zero-order valence-electron chi connectivity index (χ0n) is 7.86. The number of amides is 1. The van der Waals surface area contributed by atoms with Crippen LogP contribution in [0.3, 0.4) is 0 Å². The molecule has 0 aliphatic rings. The van der Waals surface area contributed by atoms with E-state index in [0.717, 1.165) is 24.1 Å². The molecular formula is C10H14N2O2. The molecule has 1 rings (SSSR count). The van der Waals surface area contributed by atoms with Crippen LogP contribution in [-0.2, 0) is 6.42 Å². The lowest BCUT2D eigenvalue weighted by atomic mass is 10.1. The van der Waals surface area contributed by atoms with E-state index in [0.29, 0.717) is 6.54 Å². The van der Waals surface area contributed by atoms with Crippen LogP contribution < -0.4 is 11.1 Å². The van der Waals surface area contributed by atoms with E-state index in [1.807, 2.05) is 24.3 Å². The minimum absolute atomic E-state index is 0.476. The quantitative estimate of drug-likeness (QED) is 0.502. The molecule has 0 spiro atoms. The molecule has 4 heteroatoms. The number of rotatable bonds is 4. The highest BCUT2D eigenvalue weighted by atomic mass is 16.4. The number of carbonyl (C=O) groups is 1. The molecule has 0 aliphatic heterocycles. The normalized spacial score (nSPS) is 9.71. The van der Waals surface area contributed by atoms with Gasteiger partial charge in [0.25, 0.3) is 0 Å². The lowest BCUT2D eigenvalue weighted by molar-refractivity contribution is 0.194. The Balaban J connectivity index is 2.28. The van der Waals surface area contributed by atoms with Crippen LogP contribution in [0.5, 0.6) is 0 Å². The van der Waals surface area contributed by atoms with Gasteiger partial charge in [0.1, 0.15) is 0 Å². The summed E-state index contributed by atoms with van der Waals surface area (Å²) >= 11 is 0. The van der Waals surface area contributed by atoms with Crippen molar-refractivity contribution in [3.05, 3.63) is 29.8 Å². The third-order valence-corrected chi connectivity index (χ3v) is 1.87. The van der Waals surface area contributed by atoms with Gasteiger partial charge in [-0.25, -0.2) is 4.79 Å². The molecule has 0 aliphatic carbocycles. The first-order valence-electron chi connectivity index (χ1n) is 4.49. The highest BCUT2D eigenvalue weighted by Gasteiger charge is 1.95. The maximum Gasteiger partial charge on any atom is 0.404 e. The van der Waals surface area contributed by atoms with Gasteiger partial charge in [0.2, 0.25) is 0 Å². The molecule has 1 amide bonds. The van der Waals surface area contributed by atoms with E-state index in [2.05, 4.69) is 5.32 Å². The zero-order valence-corrected chi connectivity index (χ0v) is 7.86. The number of anilines is 1. The van der Waals surface area contributed by atoms with Gasteiger partial charge in [-0.3, -0.25) is 0 Å². The Labute approximate surface area is 82.7 Å². The standard InChI is InChI=1S/C10H14N2O2/c11-9-5-1-3-8(7-9)4-2-6-12-10(13)14/h1,3,5,7,12H,2,4,6,11H2,(H,13,14). The van der Waals surface area contributed by atoms with Gasteiger partial charge >= 0.3 is 6.09 Å².